The topological polar surface area (TPSA) is 65.0 Å². The van der Waals surface area contributed by atoms with Crippen LogP contribution in [0.3, 0.4) is 0 Å². The Morgan fingerprint density at radius 1 is 0.781 bits per heavy atom. The molecule has 194 valence electrons. The molecule has 0 amide bonds. The molecular weight excluding hydrogens is 444 g/mol. The van der Waals surface area contributed by atoms with Crippen LogP contribution in [-0.2, 0) is 18.6 Å². The molecule has 0 radical (unpaired) electrons. The second kappa shape index (κ2) is 20.3. The van der Waals surface area contributed by atoms with E-state index in [1.807, 2.05) is 0 Å². The molecule has 9 heteroatoms. The first-order chi connectivity index (χ1) is 15.2. The highest BCUT2D eigenvalue weighted by Gasteiger charge is 2.29. The second-order valence-electron chi connectivity index (χ2n) is 8.67. The van der Waals surface area contributed by atoms with Crippen molar-refractivity contribution in [1.82, 2.24) is 0 Å². The van der Waals surface area contributed by atoms with E-state index in [2.05, 4.69) is 16.2 Å². The van der Waals surface area contributed by atoms with E-state index in [1.54, 1.807) is 0 Å². The second-order valence-corrected chi connectivity index (χ2v) is 10.7. The molecule has 0 heterocycles. The van der Waals surface area contributed by atoms with Gasteiger partial charge >= 0.3 is 13.8 Å². The molecule has 0 aromatic heterocycles. The first-order valence-corrected chi connectivity index (χ1v) is 14.1. The molecule has 0 rings (SSSR count). The minimum Gasteiger partial charge on any atom is -0.381 e. The Kier molecular flexibility index (Phi) is 20.2. The fraction of sp³-hybridized carbons (Fsp3) is 1.00. The van der Waals surface area contributed by atoms with Crippen molar-refractivity contribution >= 4 is 7.60 Å². The predicted octanol–water partition coefficient (Wildman–Crippen LogP) is 7.51. The first-order valence-electron chi connectivity index (χ1n) is 12.3. The quantitative estimate of drug-likeness (QED) is 0.119. The summed E-state index contributed by atoms with van der Waals surface area (Å²) in [7, 11) is -2.74. The number of hydrogen-bond acceptors (Lipinski definition) is 4. The SMILES string of the molecule is CCCCCCCCCCCCCCCCOCC(COCC(F)(F)F)CP(=O)(O)OC. The van der Waals surface area contributed by atoms with Crippen LogP contribution in [0.25, 0.3) is 0 Å². The van der Waals surface area contributed by atoms with Gasteiger partial charge in [0.25, 0.3) is 0 Å². The summed E-state index contributed by atoms with van der Waals surface area (Å²) in [5, 5.41) is 0. The van der Waals surface area contributed by atoms with Crippen LogP contribution >= 0.6 is 7.60 Å². The summed E-state index contributed by atoms with van der Waals surface area (Å²) in [4.78, 5) is 9.59. The van der Waals surface area contributed by atoms with E-state index in [9.17, 15) is 22.6 Å². The predicted molar refractivity (Wildman–Crippen MR) is 123 cm³/mol. The molecule has 2 unspecified atom stereocenters. The number of alkyl halides is 3. The van der Waals surface area contributed by atoms with E-state index in [-0.39, 0.29) is 19.4 Å². The molecule has 32 heavy (non-hydrogen) atoms. The van der Waals surface area contributed by atoms with Gasteiger partial charge in [-0.25, -0.2) is 0 Å². The highest BCUT2D eigenvalue weighted by atomic mass is 31.2. The Balaban J connectivity index is 3.68. The lowest BCUT2D eigenvalue weighted by atomic mass is 10.0. The summed E-state index contributed by atoms with van der Waals surface area (Å²) < 4.78 is 63.1. The number of ether oxygens (including phenoxy) is 2. The van der Waals surface area contributed by atoms with Gasteiger partial charge in [0.05, 0.1) is 19.4 Å². The van der Waals surface area contributed by atoms with E-state index >= 15 is 0 Å². The molecule has 0 bridgehead atoms. The molecule has 5 nitrogen and oxygen atoms in total. The van der Waals surface area contributed by atoms with E-state index in [0.29, 0.717) is 6.61 Å². The van der Waals surface area contributed by atoms with E-state index < -0.39 is 26.3 Å². The van der Waals surface area contributed by atoms with Crippen molar-refractivity contribution in [2.45, 2.75) is 103 Å². The van der Waals surface area contributed by atoms with Crippen molar-refractivity contribution in [2.24, 2.45) is 5.92 Å². The maximum Gasteiger partial charge on any atom is 0.411 e. The van der Waals surface area contributed by atoms with Crippen LogP contribution < -0.4 is 0 Å². The minimum absolute atomic E-state index is 0.0736. The Morgan fingerprint density at radius 2 is 1.22 bits per heavy atom. The van der Waals surface area contributed by atoms with Crippen LogP contribution in [-0.4, -0.2) is 50.8 Å². The molecule has 0 fully saturated rings. The monoisotopic (exact) mass is 490 g/mol. The van der Waals surface area contributed by atoms with Gasteiger partial charge in [-0.1, -0.05) is 90.4 Å². The molecular formula is C23H46F3O5P. The van der Waals surface area contributed by atoms with Crippen molar-refractivity contribution in [3.05, 3.63) is 0 Å². The third-order valence-corrected chi connectivity index (χ3v) is 6.94. The molecule has 0 aromatic rings. The smallest absolute Gasteiger partial charge is 0.381 e. The largest absolute Gasteiger partial charge is 0.411 e. The maximum absolute atomic E-state index is 12.2. The van der Waals surface area contributed by atoms with Crippen molar-refractivity contribution in [2.75, 3.05) is 39.7 Å². The average molecular weight is 491 g/mol. The van der Waals surface area contributed by atoms with Crippen LogP contribution in [0.4, 0.5) is 13.2 Å². The van der Waals surface area contributed by atoms with Gasteiger partial charge in [-0.3, -0.25) is 4.57 Å². The van der Waals surface area contributed by atoms with E-state index in [4.69, 9.17) is 4.74 Å². The lowest BCUT2D eigenvalue weighted by Crippen LogP contribution is -2.25. The zero-order chi connectivity index (χ0) is 24.1. The van der Waals surface area contributed by atoms with E-state index in [0.717, 1.165) is 26.4 Å². The van der Waals surface area contributed by atoms with Gasteiger partial charge in [-0.05, 0) is 6.42 Å². The third kappa shape index (κ3) is 23.0. The van der Waals surface area contributed by atoms with Gasteiger partial charge in [0.15, 0.2) is 0 Å². The molecule has 0 aromatic carbocycles. The first kappa shape index (κ1) is 31.9. The van der Waals surface area contributed by atoms with Gasteiger partial charge in [0, 0.05) is 19.6 Å². The molecule has 0 aliphatic carbocycles. The normalized spacial score (nSPS) is 15.1. The summed E-state index contributed by atoms with van der Waals surface area (Å²) in [5.74, 6) is -0.625. The molecule has 0 saturated carbocycles. The van der Waals surface area contributed by atoms with Crippen LogP contribution in [0, 0.1) is 5.92 Å². The van der Waals surface area contributed by atoms with Gasteiger partial charge in [0.2, 0.25) is 0 Å². The highest BCUT2D eigenvalue weighted by Crippen LogP contribution is 2.42. The zero-order valence-corrected chi connectivity index (χ0v) is 21.1. The van der Waals surface area contributed by atoms with Gasteiger partial charge in [0.1, 0.15) is 6.61 Å². The Labute approximate surface area is 193 Å². The summed E-state index contributed by atoms with van der Waals surface area (Å²) in [5.41, 5.74) is 0. The average Bonchev–Trinajstić information content (AvgIpc) is 2.72. The maximum atomic E-state index is 12.2. The van der Waals surface area contributed by atoms with Gasteiger partial charge < -0.3 is 18.9 Å². The summed E-state index contributed by atoms with van der Waals surface area (Å²) >= 11 is 0. The lowest BCUT2D eigenvalue weighted by molar-refractivity contribution is -0.177. The number of hydrogen-bond donors (Lipinski definition) is 1. The zero-order valence-electron chi connectivity index (χ0n) is 20.2. The van der Waals surface area contributed by atoms with Crippen molar-refractivity contribution in [3.63, 3.8) is 0 Å². The number of rotatable bonds is 23. The van der Waals surface area contributed by atoms with Crippen molar-refractivity contribution < 1.29 is 36.6 Å². The molecule has 0 spiro atoms. The standard InChI is InChI=1S/C23H46F3O5P/c1-3-4-5-6-7-8-9-10-11-12-13-14-15-16-17-30-18-22(20-32(27,28)29-2)19-31-21-23(24,25)26/h22H,3-21H2,1-2H3,(H,27,28). The lowest BCUT2D eigenvalue weighted by Gasteiger charge is -2.20. The Bertz CT molecular complexity index is 463. The fourth-order valence-electron chi connectivity index (χ4n) is 3.54. The van der Waals surface area contributed by atoms with Crippen molar-refractivity contribution in [1.29, 1.82) is 0 Å². The van der Waals surface area contributed by atoms with Crippen LogP contribution in [0.2, 0.25) is 0 Å². The highest BCUT2D eigenvalue weighted by molar-refractivity contribution is 7.52. The Morgan fingerprint density at radius 3 is 1.66 bits per heavy atom. The van der Waals surface area contributed by atoms with Crippen LogP contribution in [0.1, 0.15) is 96.8 Å². The summed E-state index contributed by atoms with van der Waals surface area (Å²) in [6, 6.07) is 0. The van der Waals surface area contributed by atoms with Crippen LogP contribution in [0.15, 0.2) is 0 Å². The summed E-state index contributed by atoms with van der Waals surface area (Å²) in [6.45, 7) is 1.11. The molecule has 0 aliphatic heterocycles. The third-order valence-electron chi connectivity index (χ3n) is 5.39. The molecule has 2 atom stereocenters. The molecule has 0 aliphatic rings. The van der Waals surface area contributed by atoms with E-state index in [1.165, 1.54) is 70.6 Å². The number of halogens is 3. The summed E-state index contributed by atoms with van der Waals surface area (Å²) in [6.07, 6.45) is 12.9. The Hall–Kier alpha value is -0.140. The molecule has 0 saturated heterocycles. The van der Waals surface area contributed by atoms with Crippen molar-refractivity contribution in [3.8, 4) is 0 Å². The number of unbranched alkanes of at least 4 members (excludes halogenated alkanes) is 13. The molecule has 1 N–H and O–H groups in total. The van der Waals surface area contributed by atoms with Gasteiger partial charge in [-0.15, -0.1) is 0 Å². The van der Waals surface area contributed by atoms with Gasteiger partial charge in [-0.2, -0.15) is 13.2 Å². The fourth-order valence-corrected chi connectivity index (χ4v) is 4.56. The van der Waals surface area contributed by atoms with Crippen LogP contribution in [0.5, 0.6) is 0 Å². The minimum atomic E-state index is -4.43.